The van der Waals surface area contributed by atoms with Gasteiger partial charge in [0.25, 0.3) is 0 Å². The van der Waals surface area contributed by atoms with E-state index in [-0.39, 0.29) is 23.0 Å². The van der Waals surface area contributed by atoms with Gasteiger partial charge in [-0.2, -0.15) is 0 Å². The maximum absolute atomic E-state index is 12.9. The number of nitrogens with zero attached hydrogens (tertiary/aromatic N) is 3. The van der Waals surface area contributed by atoms with Crippen molar-refractivity contribution in [2.45, 2.75) is 39.0 Å². The van der Waals surface area contributed by atoms with E-state index in [1.807, 2.05) is 38.2 Å². The Balaban J connectivity index is 1.33. The highest BCUT2D eigenvalue weighted by Gasteiger charge is 2.38. The Bertz CT molecular complexity index is 1050. The predicted octanol–water partition coefficient (Wildman–Crippen LogP) is 3.92. The van der Waals surface area contributed by atoms with Crippen LogP contribution in [0.15, 0.2) is 54.4 Å². The van der Waals surface area contributed by atoms with Crippen LogP contribution in [0.25, 0.3) is 0 Å². The van der Waals surface area contributed by atoms with Crippen LogP contribution in [0.5, 0.6) is 0 Å². The molecule has 0 atom stereocenters. The van der Waals surface area contributed by atoms with Crippen LogP contribution >= 0.6 is 0 Å². The van der Waals surface area contributed by atoms with E-state index in [0.29, 0.717) is 12.4 Å². The molecule has 0 spiro atoms. The molecule has 2 aromatic rings. The van der Waals surface area contributed by atoms with Crippen LogP contribution in [0.2, 0.25) is 0 Å². The standard InChI is InChI=1S/C26H32N4O2/c1-18-9-12-27-24(15-18)28-25(32)19-10-13-30(14-11-19)17-20(31)16-23-26(2,3)21-7-5-6-8-22(21)29(23)4/h5-9,12,15-16,19H,10-11,13-14,17H2,1-4H3,(H,27,28,32)/b23-16-. The number of hydrogen-bond donors (Lipinski definition) is 1. The molecule has 0 radical (unpaired) electrons. The Morgan fingerprint density at radius 2 is 1.91 bits per heavy atom. The van der Waals surface area contributed by atoms with E-state index in [2.05, 4.69) is 52.1 Å². The molecule has 0 saturated carbocycles. The summed E-state index contributed by atoms with van der Waals surface area (Å²) in [5.74, 6) is 0.683. The van der Waals surface area contributed by atoms with Gasteiger partial charge in [0.1, 0.15) is 5.82 Å². The summed E-state index contributed by atoms with van der Waals surface area (Å²) in [6.45, 7) is 8.19. The topological polar surface area (TPSA) is 65.5 Å². The van der Waals surface area contributed by atoms with Gasteiger partial charge in [0.2, 0.25) is 5.91 Å². The van der Waals surface area contributed by atoms with Crippen LogP contribution in [-0.2, 0) is 15.0 Å². The third-order valence-corrected chi connectivity index (χ3v) is 6.74. The first-order valence-electron chi connectivity index (χ1n) is 11.3. The largest absolute Gasteiger partial charge is 0.347 e. The highest BCUT2D eigenvalue weighted by atomic mass is 16.2. The summed E-state index contributed by atoms with van der Waals surface area (Å²) in [5, 5.41) is 2.93. The normalized spacial score (nSPS) is 19.8. The summed E-state index contributed by atoms with van der Waals surface area (Å²) in [6.07, 6.45) is 5.01. The number of aromatic nitrogens is 1. The minimum Gasteiger partial charge on any atom is -0.347 e. The summed E-state index contributed by atoms with van der Waals surface area (Å²) in [7, 11) is 2.03. The quantitative estimate of drug-likeness (QED) is 0.726. The van der Waals surface area contributed by atoms with Crippen LogP contribution < -0.4 is 10.2 Å². The number of ketones is 1. The van der Waals surface area contributed by atoms with E-state index in [9.17, 15) is 9.59 Å². The van der Waals surface area contributed by atoms with Crippen LogP contribution in [0.1, 0.15) is 37.8 Å². The van der Waals surface area contributed by atoms with Crippen LogP contribution in [0.4, 0.5) is 11.5 Å². The fourth-order valence-corrected chi connectivity index (χ4v) is 4.86. The second-order valence-corrected chi connectivity index (χ2v) is 9.46. The average molecular weight is 433 g/mol. The van der Waals surface area contributed by atoms with E-state index in [1.54, 1.807) is 6.20 Å². The molecule has 1 N–H and O–H groups in total. The number of likely N-dealkylation sites (N-methyl/N-ethyl adjacent to an activating group) is 1. The summed E-state index contributed by atoms with van der Waals surface area (Å²) < 4.78 is 0. The number of fused-ring (bicyclic) bond motifs is 1. The van der Waals surface area contributed by atoms with Gasteiger partial charge in [0.15, 0.2) is 5.78 Å². The van der Waals surface area contributed by atoms with E-state index >= 15 is 0 Å². The highest BCUT2D eigenvalue weighted by molar-refractivity contribution is 5.94. The van der Waals surface area contributed by atoms with E-state index < -0.39 is 0 Å². The predicted molar refractivity (Wildman–Crippen MR) is 128 cm³/mol. The van der Waals surface area contributed by atoms with Crippen LogP contribution in [0, 0.1) is 12.8 Å². The zero-order valence-electron chi connectivity index (χ0n) is 19.4. The number of nitrogens with one attached hydrogen (secondary N) is 1. The molecular formula is C26H32N4O2. The van der Waals surface area contributed by atoms with Gasteiger partial charge in [-0.1, -0.05) is 32.0 Å². The van der Waals surface area contributed by atoms with Crippen LogP contribution in [-0.4, -0.2) is 48.3 Å². The Labute approximate surface area is 190 Å². The third-order valence-electron chi connectivity index (χ3n) is 6.74. The van der Waals surface area contributed by atoms with Gasteiger partial charge in [0.05, 0.1) is 6.54 Å². The molecule has 1 aromatic heterocycles. The minimum absolute atomic E-state index is 0.0169. The number of hydrogen-bond acceptors (Lipinski definition) is 5. The number of piperidine rings is 1. The number of pyridine rings is 1. The number of rotatable bonds is 5. The van der Waals surface area contributed by atoms with Gasteiger partial charge < -0.3 is 10.2 Å². The molecule has 2 aliphatic rings. The Hall–Kier alpha value is -2.99. The first kappa shape index (κ1) is 22.2. The lowest BCUT2D eigenvalue weighted by Gasteiger charge is -2.30. The monoisotopic (exact) mass is 432 g/mol. The average Bonchev–Trinajstić information content (AvgIpc) is 2.95. The molecule has 3 heterocycles. The molecule has 6 heteroatoms. The highest BCUT2D eigenvalue weighted by Crippen LogP contribution is 2.46. The van der Waals surface area contributed by atoms with Crippen molar-refractivity contribution in [3.05, 3.63) is 65.5 Å². The zero-order valence-corrected chi connectivity index (χ0v) is 19.4. The molecule has 0 bridgehead atoms. The molecule has 1 amide bonds. The fourth-order valence-electron chi connectivity index (χ4n) is 4.86. The molecule has 1 fully saturated rings. The number of carbonyl (C=O) groups excluding carboxylic acids is 2. The number of carbonyl (C=O) groups is 2. The smallest absolute Gasteiger partial charge is 0.228 e. The van der Waals surface area contributed by atoms with E-state index in [1.165, 1.54) is 5.56 Å². The number of amides is 1. The molecule has 1 saturated heterocycles. The van der Waals surface area contributed by atoms with Crippen molar-refractivity contribution in [3.8, 4) is 0 Å². The van der Waals surface area contributed by atoms with Crippen molar-refractivity contribution in [2.24, 2.45) is 5.92 Å². The summed E-state index contributed by atoms with van der Waals surface area (Å²) in [6, 6.07) is 12.1. The lowest BCUT2D eigenvalue weighted by molar-refractivity contribution is -0.121. The Morgan fingerprint density at radius 1 is 1.19 bits per heavy atom. The molecular weight excluding hydrogens is 400 g/mol. The van der Waals surface area contributed by atoms with Crippen molar-refractivity contribution in [3.63, 3.8) is 0 Å². The molecule has 1 aromatic carbocycles. The van der Waals surface area contributed by atoms with Gasteiger partial charge in [-0.3, -0.25) is 14.5 Å². The number of allylic oxidation sites excluding steroid dienone is 1. The summed E-state index contributed by atoms with van der Waals surface area (Å²) in [5.41, 5.74) is 4.30. The Kier molecular flexibility index (Phi) is 6.15. The van der Waals surface area contributed by atoms with Gasteiger partial charge in [-0.05, 0) is 62.2 Å². The van der Waals surface area contributed by atoms with Crippen molar-refractivity contribution >= 4 is 23.2 Å². The van der Waals surface area contributed by atoms with Crippen molar-refractivity contribution in [1.82, 2.24) is 9.88 Å². The number of anilines is 2. The van der Waals surface area contributed by atoms with E-state index in [0.717, 1.165) is 42.9 Å². The fraction of sp³-hybridized carbons (Fsp3) is 0.423. The molecule has 0 aliphatic carbocycles. The lowest BCUT2D eigenvalue weighted by atomic mass is 9.83. The minimum atomic E-state index is -0.198. The number of likely N-dealkylation sites (tertiary alicyclic amines) is 1. The van der Waals surface area contributed by atoms with Gasteiger partial charge in [0, 0.05) is 42.0 Å². The molecule has 2 aliphatic heterocycles. The molecule has 6 nitrogen and oxygen atoms in total. The maximum atomic E-state index is 12.9. The second-order valence-electron chi connectivity index (χ2n) is 9.46. The number of aryl methyl sites for hydroxylation is 1. The van der Waals surface area contributed by atoms with Gasteiger partial charge in [-0.15, -0.1) is 0 Å². The van der Waals surface area contributed by atoms with Gasteiger partial charge >= 0.3 is 0 Å². The third kappa shape index (κ3) is 4.46. The number of benzene rings is 1. The summed E-state index contributed by atoms with van der Waals surface area (Å²) >= 11 is 0. The van der Waals surface area contributed by atoms with E-state index in [4.69, 9.17) is 0 Å². The van der Waals surface area contributed by atoms with Crippen molar-refractivity contribution in [2.75, 3.05) is 36.9 Å². The lowest BCUT2D eigenvalue weighted by Crippen LogP contribution is -2.40. The zero-order chi connectivity index (χ0) is 22.9. The number of para-hydroxylation sites is 1. The van der Waals surface area contributed by atoms with Crippen molar-refractivity contribution in [1.29, 1.82) is 0 Å². The SMILES string of the molecule is Cc1ccnc(NC(=O)C2CCN(CC(=O)/C=C3\N(C)c4ccccc4C3(C)C)CC2)c1. The second kappa shape index (κ2) is 8.87. The first-order chi connectivity index (χ1) is 15.3. The Morgan fingerprint density at radius 3 is 2.59 bits per heavy atom. The van der Waals surface area contributed by atoms with Gasteiger partial charge in [-0.25, -0.2) is 4.98 Å². The molecule has 0 unspecified atom stereocenters. The maximum Gasteiger partial charge on any atom is 0.228 e. The molecule has 32 heavy (non-hydrogen) atoms. The molecule has 4 rings (SSSR count). The van der Waals surface area contributed by atoms with Crippen LogP contribution in [0.3, 0.4) is 0 Å². The summed E-state index contributed by atoms with van der Waals surface area (Å²) in [4.78, 5) is 34.0. The van der Waals surface area contributed by atoms with Crippen molar-refractivity contribution < 1.29 is 9.59 Å². The first-order valence-corrected chi connectivity index (χ1v) is 11.3. The molecule has 168 valence electrons.